The van der Waals surface area contributed by atoms with E-state index in [1.807, 2.05) is 56.3 Å². The Balaban J connectivity index is 1.74. The lowest BCUT2D eigenvalue weighted by Gasteiger charge is -2.27. The summed E-state index contributed by atoms with van der Waals surface area (Å²) in [7, 11) is 0. The number of amides is 1. The molecular formula is C17H19N3O. The molecule has 0 fully saturated rings. The molecule has 4 heteroatoms. The van der Waals surface area contributed by atoms with Crippen LogP contribution in [0.3, 0.4) is 0 Å². The Morgan fingerprint density at radius 3 is 2.71 bits per heavy atom. The van der Waals surface area contributed by atoms with Crippen molar-refractivity contribution in [1.29, 1.82) is 0 Å². The van der Waals surface area contributed by atoms with Gasteiger partial charge in [0.25, 0.3) is 0 Å². The van der Waals surface area contributed by atoms with Gasteiger partial charge in [0.15, 0.2) is 0 Å². The van der Waals surface area contributed by atoms with Crippen molar-refractivity contribution in [3.05, 3.63) is 53.6 Å². The standard InChI is InChI=1S/C17H19N3O/c1-11-7-8-12(2)15(9-11)20-17(21)16-10-18-13-5-3-4-6-14(13)19-16/h3-9,16,18-19H,10H2,1-2H3,(H,20,21). The molecule has 0 saturated heterocycles. The molecule has 0 aliphatic carbocycles. The lowest BCUT2D eigenvalue weighted by molar-refractivity contribution is -0.116. The van der Waals surface area contributed by atoms with E-state index in [4.69, 9.17) is 0 Å². The van der Waals surface area contributed by atoms with Gasteiger partial charge in [-0.2, -0.15) is 0 Å². The van der Waals surface area contributed by atoms with Crippen LogP contribution in [0.1, 0.15) is 11.1 Å². The van der Waals surface area contributed by atoms with Gasteiger partial charge < -0.3 is 16.0 Å². The number of fused-ring (bicyclic) bond motifs is 1. The molecule has 1 aliphatic rings. The van der Waals surface area contributed by atoms with Gasteiger partial charge >= 0.3 is 0 Å². The quantitative estimate of drug-likeness (QED) is 0.792. The maximum absolute atomic E-state index is 12.4. The average molecular weight is 281 g/mol. The molecule has 1 atom stereocenters. The monoisotopic (exact) mass is 281 g/mol. The maximum Gasteiger partial charge on any atom is 0.248 e. The second-order valence-electron chi connectivity index (χ2n) is 5.43. The second-order valence-corrected chi connectivity index (χ2v) is 5.43. The van der Waals surface area contributed by atoms with Crippen LogP contribution in [-0.4, -0.2) is 18.5 Å². The van der Waals surface area contributed by atoms with E-state index < -0.39 is 0 Å². The molecule has 4 nitrogen and oxygen atoms in total. The fourth-order valence-corrected chi connectivity index (χ4v) is 2.46. The Labute approximate surface area is 124 Å². The van der Waals surface area contributed by atoms with Gasteiger partial charge in [-0.15, -0.1) is 0 Å². The minimum absolute atomic E-state index is 0.0225. The summed E-state index contributed by atoms with van der Waals surface area (Å²) in [4.78, 5) is 12.4. The predicted molar refractivity (Wildman–Crippen MR) is 86.9 cm³/mol. The summed E-state index contributed by atoms with van der Waals surface area (Å²) in [5, 5.41) is 9.57. The molecule has 108 valence electrons. The molecule has 0 spiro atoms. The van der Waals surface area contributed by atoms with E-state index >= 15 is 0 Å². The molecular weight excluding hydrogens is 262 g/mol. The molecule has 0 aromatic heterocycles. The van der Waals surface area contributed by atoms with Crippen LogP contribution in [0.2, 0.25) is 0 Å². The maximum atomic E-state index is 12.4. The van der Waals surface area contributed by atoms with Crippen LogP contribution in [0.25, 0.3) is 0 Å². The summed E-state index contributed by atoms with van der Waals surface area (Å²) in [6.07, 6.45) is 0. The third kappa shape index (κ3) is 2.84. The van der Waals surface area contributed by atoms with E-state index in [1.54, 1.807) is 0 Å². The van der Waals surface area contributed by atoms with Crippen molar-refractivity contribution in [3.8, 4) is 0 Å². The summed E-state index contributed by atoms with van der Waals surface area (Å²) >= 11 is 0. The van der Waals surface area contributed by atoms with Gasteiger partial charge in [-0.25, -0.2) is 0 Å². The normalized spacial score (nSPS) is 16.4. The van der Waals surface area contributed by atoms with E-state index in [2.05, 4.69) is 16.0 Å². The van der Waals surface area contributed by atoms with E-state index in [1.165, 1.54) is 0 Å². The second kappa shape index (κ2) is 5.48. The number of carbonyl (C=O) groups is 1. The number of para-hydroxylation sites is 2. The van der Waals surface area contributed by atoms with Crippen molar-refractivity contribution in [1.82, 2.24) is 0 Å². The van der Waals surface area contributed by atoms with Crippen LogP contribution in [0.5, 0.6) is 0 Å². The number of aryl methyl sites for hydroxylation is 2. The summed E-state index contributed by atoms with van der Waals surface area (Å²) < 4.78 is 0. The van der Waals surface area contributed by atoms with E-state index in [-0.39, 0.29) is 11.9 Å². The number of carbonyl (C=O) groups excluding carboxylic acids is 1. The summed E-state index contributed by atoms with van der Waals surface area (Å²) in [5.41, 5.74) is 5.08. The first kappa shape index (κ1) is 13.5. The molecule has 1 aliphatic heterocycles. The molecule has 2 aromatic carbocycles. The van der Waals surface area contributed by atoms with E-state index in [0.717, 1.165) is 28.2 Å². The molecule has 0 saturated carbocycles. The number of nitrogens with one attached hydrogen (secondary N) is 3. The zero-order valence-electron chi connectivity index (χ0n) is 12.2. The topological polar surface area (TPSA) is 53.2 Å². The van der Waals surface area contributed by atoms with Crippen molar-refractivity contribution in [2.75, 3.05) is 22.5 Å². The third-order valence-electron chi connectivity index (χ3n) is 3.72. The number of anilines is 3. The van der Waals surface area contributed by atoms with Gasteiger partial charge in [-0.1, -0.05) is 24.3 Å². The van der Waals surface area contributed by atoms with Gasteiger partial charge in [0.05, 0.1) is 11.4 Å². The van der Waals surface area contributed by atoms with Crippen molar-refractivity contribution in [2.24, 2.45) is 0 Å². The van der Waals surface area contributed by atoms with Gasteiger partial charge in [0.2, 0.25) is 5.91 Å². The molecule has 3 N–H and O–H groups in total. The highest BCUT2D eigenvalue weighted by Gasteiger charge is 2.23. The Bertz CT molecular complexity index is 681. The molecule has 1 unspecified atom stereocenters. The summed E-state index contributed by atoms with van der Waals surface area (Å²) in [6, 6.07) is 13.7. The third-order valence-corrected chi connectivity index (χ3v) is 3.72. The highest BCUT2D eigenvalue weighted by Crippen LogP contribution is 2.26. The molecule has 0 bridgehead atoms. The smallest absolute Gasteiger partial charge is 0.248 e. The Morgan fingerprint density at radius 1 is 1.14 bits per heavy atom. The van der Waals surface area contributed by atoms with Crippen molar-refractivity contribution < 1.29 is 4.79 Å². The largest absolute Gasteiger partial charge is 0.381 e. The number of hydrogen-bond acceptors (Lipinski definition) is 3. The van der Waals surface area contributed by atoms with E-state index in [9.17, 15) is 4.79 Å². The van der Waals surface area contributed by atoms with Crippen LogP contribution in [0.15, 0.2) is 42.5 Å². The lowest BCUT2D eigenvalue weighted by atomic mass is 10.1. The molecule has 2 aromatic rings. The summed E-state index contributed by atoms with van der Waals surface area (Å²) in [5.74, 6) is -0.0225. The van der Waals surface area contributed by atoms with Crippen molar-refractivity contribution in [2.45, 2.75) is 19.9 Å². The highest BCUT2D eigenvalue weighted by molar-refractivity contribution is 5.99. The number of rotatable bonds is 2. The first-order valence-corrected chi connectivity index (χ1v) is 7.11. The fraction of sp³-hybridized carbons (Fsp3) is 0.235. The van der Waals surface area contributed by atoms with Crippen LogP contribution >= 0.6 is 0 Å². The van der Waals surface area contributed by atoms with Gasteiger partial charge in [-0.3, -0.25) is 4.79 Å². The Hall–Kier alpha value is -2.49. The highest BCUT2D eigenvalue weighted by atomic mass is 16.2. The fourth-order valence-electron chi connectivity index (χ4n) is 2.46. The average Bonchev–Trinajstić information content (AvgIpc) is 2.50. The minimum atomic E-state index is -0.278. The SMILES string of the molecule is Cc1ccc(C)c(NC(=O)C2CNc3ccccc3N2)c1. The lowest BCUT2D eigenvalue weighted by Crippen LogP contribution is -2.42. The number of benzene rings is 2. The zero-order chi connectivity index (χ0) is 14.8. The predicted octanol–water partition coefficient (Wildman–Crippen LogP) is 3.15. The van der Waals surface area contributed by atoms with Crippen LogP contribution in [0.4, 0.5) is 17.1 Å². The zero-order valence-corrected chi connectivity index (χ0v) is 12.2. The molecule has 1 heterocycles. The molecule has 3 rings (SSSR count). The van der Waals surface area contributed by atoms with Crippen molar-refractivity contribution in [3.63, 3.8) is 0 Å². The number of hydrogen-bond donors (Lipinski definition) is 3. The molecule has 1 amide bonds. The Kier molecular flexibility index (Phi) is 3.52. The Morgan fingerprint density at radius 2 is 1.90 bits per heavy atom. The van der Waals surface area contributed by atoms with Crippen molar-refractivity contribution >= 4 is 23.0 Å². The van der Waals surface area contributed by atoms with Gasteiger partial charge in [-0.05, 0) is 43.2 Å². The van der Waals surface area contributed by atoms with Gasteiger partial charge in [0.1, 0.15) is 6.04 Å². The van der Waals surface area contributed by atoms with E-state index in [0.29, 0.717) is 6.54 Å². The van der Waals surface area contributed by atoms with Crippen LogP contribution in [0, 0.1) is 13.8 Å². The van der Waals surface area contributed by atoms with Gasteiger partial charge in [0, 0.05) is 12.2 Å². The van der Waals surface area contributed by atoms with Crippen LogP contribution in [-0.2, 0) is 4.79 Å². The van der Waals surface area contributed by atoms with Crippen LogP contribution < -0.4 is 16.0 Å². The molecule has 0 radical (unpaired) electrons. The first-order chi connectivity index (χ1) is 10.1. The summed E-state index contributed by atoms with van der Waals surface area (Å²) in [6.45, 7) is 4.59. The first-order valence-electron chi connectivity index (χ1n) is 7.11. The molecule has 21 heavy (non-hydrogen) atoms. The minimum Gasteiger partial charge on any atom is -0.381 e.